The molecule has 1 unspecified atom stereocenters. The van der Waals surface area contributed by atoms with Crippen molar-refractivity contribution in [1.82, 2.24) is 5.32 Å². The minimum atomic E-state index is -0.244. The van der Waals surface area contributed by atoms with E-state index in [1.165, 1.54) is 0 Å². The van der Waals surface area contributed by atoms with E-state index in [1.807, 2.05) is 0 Å². The molecule has 1 aliphatic heterocycles. The third kappa shape index (κ3) is 2.48. The summed E-state index contributed by atoms with van der Waals surface area (Å²) in [7, 11) is 0. The van der Waals surface area contributed by atoms with E-state index in [4.69, 9.17) is 27.9 Å². The predicted octanol–water partition coefficient (Wildman–Crippen LogP) is 2.51. The Hall–Kier alpha value is -0.770. The molecule has 1 N–H and O–H groups in total. The summed E-state index contributed by atoms with van der Waals surface area (Å²) >= 11 is 11.9. The Bertz CT molecular complexity index is 383. The van der Waals surface area contributed by atoms with Gasteiger partial charge in [0, 0.05) is 6.61 Å². The quantitative estimate of drug-likeness (QED) is 0.887. The smallest absolute Gasteiger partial charge is 0.254 e. The zero-order valence-electron chi connectivity index (χ0n) is 8.50. The minimum absolute atomic E-state index is 0.0554. The maximum absolute atomic E-state index is 11.9. The normalized spacial score (nSPS) is 19.8. The third-order valence-electron chi connectivity index (χ3n) is 2.45. The summed E-state index contributed by atoms with van der Waals surface area (Å²) in [5.41, 5.74) is 0.331. The fourth-order valence-electron chi connectivity index (χ4n) is 1.62. The number of halogens is 2. The molecule has 1 saturated heterocycles. The van der Waals surface area contributed by atoms with Crippen LogP contribution in [0.3, 0.4) is 0 Å². The van der Waals surface area contributed by atoms with Crippen LogP contribution in [0.1, 0.15) is 16.8 Å². The SMILES string of the molecule is O=C(NC1CCOC1)c1c(Cl)cccc1Cl. The molecule has 1 aliphatic rings. The number of hydrogen-bond donors (Lipinski definition) is 1. The second-order valence-electron chi connectivity index (χ2n) is 3.63. The fraction of sp³-hybridized carbons (Fsp3) is 0.364. The first kappa shape index (κ1) is 11.7. The first-order valence-electron chi connectivity index (χ1n) is 5.01. The van der Waals surface area contributed by atoms with Crippen LogP contribution in [-0.4, -0.2) is 25.2 Å². The Labute approximate surface area is 104 Å². The zero-order chi connectivity index (χ0) is 11.5. The lowest BCUT2D eigenvalue weighted by Gasteiger charge is -2.12. The first-order chi connectivity index (χ1) is 7.68. The van der Waals surface area contributed by atoms with E-state index in [0.717, 1.165) is 6.42 Å². The van der Waals surface area contributed by atoms with E-state index >= 15 is 0 Å². The van der Waals surface area contributed by atoms with Gasteiger partial charge in [-0.1, -0.05) is 29.3 Å². The molecule has 5 heteroatoms. The van der Waals surface area contributed by atoms with Gasteiger partial charge in [0.1, 0.15) is 0 Å². The molecule has 1 atom stereocenters. The van der Waals surface area contributed by atoms with Crippen molar-refractivity contribution in [1.29, 1.82) is 0 Å². The maximum Gasteiger partial charge on any atom is 0.254 e. The topological polar surface area (TPSA) is 38.3 Å². The number of ether oxygens (including phenoxy) is 1. The molecule has 0 radical (unpaired) electrons. The molecule has 0 aliphatic carbocycles. The highest BCUT2D eigenvalue weighted by atomic mass is 35.5. The zero-order valence-corrected chi connectivity index (χ0v) is 10.0. The van der Waals surface area contributed by atoms with Gasteiger partial charge in [0.2, 0.25) is 0 Å². The van der Waals surface area contributed by atoms with Gasteiger partial charge >= 0.3 is 0 Å². The van der Waals surface area contributed by atoms with Gasteiger partial charge in [-0.15, -0.1) is 0 Å². The Kier molecular flexibility index (Phi) is 3.69. The van der Waals surface area contributed by atoms with Crippen molar-refractivity contribution in [3.05, 3.63) is 33.8 Å². The highest BCUT2D eigenvalue weighted by molar-refractivity contribution is 6.39. The summed E-state index contributed by atoms with van der Waals surface area (Å²) in [6.45, 7) is 1.23. The average Bonchev–Trinajstić information content (AvgIpc) is 2.70. The Balaban J connectivity index is 2.13. The van der Waals surface area contributed by atoms with Crippen LogP contribution in [0.15, 0.2) is 18.2 Å². The standard InChI is InChI=1S/C11H11Cl2NO2/c12-8-2-1-3-9(13)10(8)11(15)14-7-4-5-16-6-7/h1-3,7H,4-6H2,(H,14,15). The van der Waals surface area contributed by atoms with E-state index in [1.54, 1.807) is 18.2 Å². The van der Waals surface area contributed by atoms with Gasteiger partial charge in [-0.25, -0.2) is 0 Å². The van der Waals surface area contributed by atoms with Gasteiger partial charge in [-0.3, -0.25) is 4.79 Å². The molecule has 1 fully saturated rings. The third-order valence-corrected chi connectivity index (χ3v) is 3.08. The number of carbonyl (C=O) groups excluding carboxylic acids is 1. The fourth-order valence-corrected chi connectivity index (χ4v) is 2.19. The van der Waals surface area contributed by atoms with Gasteiger partial charge in [-0.2, -0.15) is 0 Å². The van der Waals surface area contributed by atoms with Crippen LogP contribution in [0.4, 0.5) is 0 Å². The molecule has 86 valence electrons. The Morgan fingerprint density at radius 1 is 1.38 bits per heavy atom. The van der Waals surface area contributed by atoms with Crippen LogP contribution in [0, 0.1) is 0 Å². The van der Waals surface area contributed by atoms with E-state index in [0.29, 0.717) is 28.8 Å². The molecule has 0 spiro atoms. The molecule has 0 bridgehead atoms. The lowest BCUT2D eigenvalue weighted by Crippen LogP contribution is -2.35. The van der Waals surface area contributed by atoms with E-state index in [-0.39, 0.29) is 11.9 Å². The van der Waals surface area contributed by atoms with E-state index in [2.05, 4.69) is 5.32 Å². The van der Waals surface area contributed by atoms with Crippen LogP contribution in [-0.2, 0) is 4.74 Å². The van der Waals surface area contributed by atoms with Gasteiger partial charge < -0.3 is 10.1 Å². The van der Waals surface area contributed by atoms with E-state index in [9.17, 15) is 4.79 Å². The number of carbonyl (C=O) groups is 1. The van der Waals surface area contributed by atoms with Crippen LogP contribution >= 0.6 is 23.2 Å². The molecular weight excluding hydrogens is 249 g/mol. The van der Waals surface area contributed by atoms with Gasteiger partial charge in [0.15, 0.2) is 0 Å². The lowest BCUT2D eigenvalue weighted by atomic mass is 10.2. The van der Waals surface area contributed by atoms with Crippen LogP contribution < -0.4 is 5.32 Å². The van der Waals surface area contributed by atoms with Crippen LogP contribution in [0.5, 0.6) is 0 Å². The van der Waals surface area contributed by atoms with Crippen LogP contribution in [0.25, 0.3) is 0 Å². The molecule has 2 rings (SSSR count). The predicted molar refractivity (Wildman–Crippen MR) is 63.2 cm³/mol. The van der Waals surface area contributed by atoms with Crippen molar-refractivity contribution < 1.29 is 9.53 Å². The highest BCUT2D eigenvalue weighted by Gasteiger charge is 2.21. The van der Waals surface area contributed by atoms with Crippen LogP contribution in [0.2, 0.25) is 10.0 Å². The largest absolute Gasteiger partial charge is 0.379 e. The molecule has 1 aromatic carbocycles. The Morgan fingerprint density at radius 3 is 2.62 bits per heavy atom. The highest BCUT2D eigenvalue weighted by Crippen LogP contribution is 2.24. The number of nitrogens with one attached hydrogen (secondary N) is 1. The van der Waals surface area contributed by atoms with Crippen molar-refractivity contribution in [3.8, 4) is 0 Å². The lowest BCUT2D eigenvalue weighted by molar-refractivity contribution is 0.0930. The molecule has 1 amide bonds. The summed E-state index contributed by atoms with van der Waals surface area (Å²) in [6, 6.07) is 5.06. The summed E-state index contributed by atoms with van der Waals surface area (Å²) in [4.78, 5) is 11.9. The molecule has 16 heavy (non-hydrogen) atoms. The average molecular weight is 260 g/mol. The molecule has 1 heterocycles. The van der Waals surface area contributed by atoms with Crippen molar-refractivity contribution in [2.24, 2.45) is 0 Å². The summed E-state index contributed by atoms with van der Waals surface area (Å²) < 4.78 is 5.17. The number of benzene rings is 1. The number of rotatable bonds is 2. The Morgan fingerprint density at radius 2 is 2.06 bits per heavy atom. The van der Waals surface area contributed by atoms with Crippen molar-refractivity contribution >= 4 is 29.1 Å². The van der Waals surface area contributed by atoms with E-state index < -0.39 is 0 Å². The molecule has 0 saturated carbocycles. The van der Waals surface area contributed by atoms with Gasteiger partial charge in [0.05, 0.1) is 28.3 Å². The minimum Gasteiger partial charge on any atom is -0.379 e. The summed E-state index contributed by atoms with van der Waals surface area (Å²) in [5.74, 6) is -0.244. The van der Waals surface area contributed by atoms with Crippen molar-refractivity contribution in [2.45, 2.75) is 12.5 Å². The monoisotopic (exact) mass is 259 g/mol. The molecule has 3 nitrogen and oxygen atoms in total. The second-order valence-corrected chi connectivity index (χ2v) is 4.45. The summed E-state index contributed by atoms with van der Waals surface area (Å²) in [6.07, 6.45) is 0.827. The summed E-state index contributed by atoms with van der Waals surface area (Å²) in [5, 5.41) is 3.57. The maximum atomic E-state index is 11.9. The van der Waals surface area contributed by atoms with Gasteiger partial charge in [0.25, 0.3) is 5.91 Å². The second kappa shape index (κ2) is 5.04. The molecular formula is C11H11Cl2NO2. The molecule has 0 aromatic heterocycles. The van der Waals surface area contributed by atoms with Crippen molar-refractivity contribution in [3.63, 3.8) is 0 Å². The van der Waals surface area contributed by atoms with Crippen molar-refractivity contribution in [2.75, 3.05) is 13.2 Å². The number of amides is 1. The first-order valence-corrected chi connectivity index (χ1v) is 5.76. The van der Waals surface area contributed by atoms with Gasteiger partial charge in [-0.05, 0) is 18.6 Å². The number of hydrogen-bond acceptors (Lipinski definition) is 2. The molecule has 1 aromatic rings.